The van der Waals surface area contributed by atoms with Crippen molar-refractivity contribution in [3.8, 4) is 11.6 Å². The van der Waals surface area contributed by atoms with Crippen LogP contribution in [0.25, 0.3) is 0 Å². The lowest BCUT2D eigenvalue weighted by molar-refractivity contribution is 0.457. The number of halogens is 2. The standard InChI is InChI=1S/C15H17Cl2N3O/c1-4-18-13-8-14(20-15(19-13)9(2)3)21-12-6-10(16)5-11(17)7-12/h5-9H,4H2,1-3H3,(H,18,19,20). The van der Waals surface area contributed by atoms with Gasteiger partial charge in [-0.2, -0.15) is 4.98 Å². The topological polar surface area (TPSA) is 47.0 Å². The number of nitrogens with one attached hydrogen (secondary N) is 1. The molecule has 1 heterocycles. The summed E-state index contributed by atoms with van der Waals surface area (Å²) in [6.07, 6.45) is 0. The fraction of sp³-hybridized carbons (Fsp3) is 0.333. The third-order valence-electron chi connectivity index (χ3n) is 2.65. The van der Waals surface area contributed by atoms with Crippen molar-refractivity contribution in [2.45, 2.75) is 26.7 Å². The zero-order chi connectivity index (χ0) is 15.4. The van der Waals surface area contributed by atoms with Crippen LogP contribution >= 0.6 is 23.2 Å². The second kappa shape index (κ2) is 6.96. The summed E-state index contributed by atoms with van der Waals surface area (Å²) >= 11 is 11.9. The van der Waals surface area contributed by atoms with Crippen LogP contribution in [0, 0.1) is 0 Å². The number of ether oxygens (including phenoxy) is 1. The van der Waals surface area contributed by atoms with Gasteiger partial charge in [-0.05, 0) is 25.1 Å². The van der Waals surface area contributed by atoms with E-state index in [1.54, 1.807) is 24.3 Å². The van der Waals surface area contributed by atoms with Crippen LogP contribution in [0.4, 0.5) is 5.82 Å². The van der Waals surface area contributed by atoms with Crippen LogP contribution in [0.2, 0.25) is 10.0 Å². The number of nitrogens with zero attached hydrogens (tertiary/aromatic N) is 2. The van der Waals surface area contributed by atoms with Crippen LogP contribution in [0.1, 0.15) is 32.5 Å². The number of rotatable bonds is 5. The Morgan fingerprint density at radius 3 is 2.33 bits per heavy atom. The van der Waals surface area contributed by atoms with Crippen LogP contribution in [0.3, 0.4) is 0 Å². The van der Waals surface area contributed by atoms with E-state index in [1.807, 2.05) is 20.8 Å². The maximum Gasteiger partial charge on any atom is 0.224 e. The van der Waals surface area contributed by atoms with Gasteiger partial charge >= 0.3 is 0 Å². The molecule has 21 heavy (non-hydrogen) atoms. The molecule has 0 saturated carbocycles. The van der Waals surface area contributed by atoms with Crippen molar-refractivity contribution in [2.75, 3.05) is 11.9 Å². The Kier molecular flexibility index (Phi) is 5.26. The molecule has 0 atom stereocenters. The average molecular weight is 326 g/mol. The minimum absolute atomic E-state index is 0.203. The molecular weight excluding hydrogens is 309 g/mol. The zero-order valence-electron chi connectivity index (χ0n) is 12.2. The fourth-order valence-electron chi connectivity index (χ4n) is 1.73. The Morgan fingerprint density at radius 2 is 1.76 bits per heavy atom. The molecule has 0 amide bonds. The summed E-state index contributed by atoms with van der Waals surface area (Å²) in [5.41, 5.74) is 0. The molecule has 1 aromatic heterocycles. The van der Waals surface area contributed by atoms with Crippen LogP contribution < -0.4 is 10.1 Å². The SMILES string of the molecule is CCNc1cc(Oc2cc(Cl)cc(Cl)c2)nc(C(C)C)n1. The van der Waals surface area contributed by atoms with Crippen molar-refractivity contribution >= 4 is 29.0 Å². The first-order valence-corrected chi connectivity index (χ1v) is 7.50. The maximum absolute atomic E-state index is 5.97. The van der Waals surface area contributed by atoms with Crippen molar-refractivity contribution < 1.29 is 4.74 Å². The molecule has 1 aromatic carbocycles. The Labute approximate surface area is 134 Å². The average Bonchev–Trinajstić information content (AvgIpc) is 2.37. The van der Waals surface area contributed by atoms with Gasteiger partial charge in [0.1, 0.15) is 17.4 Å². The van der Waals surface area contributed by atoms with Crippen molar-refractivity contribution in [1.29, 1.82) is 0 Å². The molecule has 0 saturated heterocycles. The van der Waals surface area contributed by atoms with E-state index in [0.717, 1.165) is 18.2 Å². The Hall–Kier alpha value is -1.52. The molecule has 6 heteroatoms. The molecule has 0 aliphatic heterocycles. The van der Waals surface area contributed by atoms with Crippen LogP contribution in [-0.2, 0) is 0 Å². The lowest BCUT2D eigenvalue weighted by Gasteiger charge is -2.12. The number of aromatic nitrogens is 2. The summed E-state index contributed by atoms with van der Waals surface area (Å²) in [7, 11) is 0. The molecule has 0 unspecified atom stereocenters. The van der Waals surface area contributed by atoms with Gasteiger partial charge < -0.3 is 10.1 Å². The lowest BCUT2D eigenvalue weighted by atomic mass is 10.2. The number of hydrogen-bond acceptors (Lipinski definition) is 4. The Bertz CT molecular complexity index is 612. The third-order valence-corrected chi connectivity index (χ3v) is 3.09. The van der Waals surface area contributed by atoms with E-state index >= 15 is 0 Å². The number of anilines is 1. The van der Waals surface area contributed by atoms with Crippen molar-refractivity contribution in [2.24, 2.45) is 0 Å². The predicted octanol–water partition coefficient (Wildman–Crippen LogP) is 5.13. The van der Waals surface area contributed by atoms with E-state index in [0.29, 0.717) is 21.7 Å². The molecule has 0 radical (unpaired) electrons. The minimum Gasteiger partial charge on any atom is -0.439 e. The minimum atomic E-state index is 0.203. The summed E-state index contributed by atoms with van der Waals surface area (Å²) < 4.78 is 5.76. The monoisotopic (exact) mass is 325 g/mol. The highest BCUT2D eigenvalue weighted by Gasteiger charge is 2.10. The normalized spacial score (nSPS) is 10.8. The van der Waals surface area contributed by atoms with Gasteiger partial charge in [-0.25, -0.2) is 4.98 Å². The summed E-state index contributed by atoms with van der Waals surface area (Å²) in [6, 6.07) is 6.79. The van der Waals surface area contributed by atoms with E-state index in [4.69, 9.17) is 27.9 Å². The molecule has 0 fully saturated rings. The van der Waals surface area contributed by atoms with Gasteiger partial charge in [-0.1, -0.05) is 37.0 Å². The largest absolute Gasteiger partial charge is 0.439 e. The van der Waals surface area contributed by atoms with Gasteiger partial charge in [0, 0.05) is 28.6 Å². The molecule has 0 bridgehead atoms. The maximum atomic E-state index is 5.97. The highest BCUT2D eigenvalue weighted by atomic mass is 35.5. The first-order chi connectivity index (χ1) is 9.97. The van der Waals surface area contributed by atoms with Crippen LogP contribution in [-0.4, -0.2) is 16.5 Å². The first kappa shape index (κ1) is 15.9. The second-order valence-electron chi connectivity index (χ2n) is 4.84. The molecule has 0 aliphatic carbocycles. The quantitative estimate of drug-likeness (QED) is 0.827. The van der Waals surface area contributed by atoms with Crippen LogP contribution in [0.5, 0.6) is 11.6 Å². The summed E-state index contributed by atoms with van der Waals surface area (Å²) in [5, 5.41) is 4.20. The van der Waals surface area contributed by atoms with E-state index in [9.17, 15) is 0 Å². The van der Waals surface area contributed by atoms with E-state index in [-0.39, 0.29) is 5.92 Å². The smallest absolute Gasteiger partial charge is 0.224 e. The summed E-state index contributed by atoms with van der Waals surface area (Å²) in [6.45, 7) is 6.85. The van der Waals surface area contributed by atoms with E-state index in [2.05, 4.69) is 15.3 Å². The van der Waals surface area contributed by atoms with Gasteiger partial charge in [-0.3, -0.25) is 0 Å². The van der Waals surface area contributed by atoms with Gasteiger partial charge in [-0.15, -0.1) is 0 Å². The molecule has 112 valence electrons. The lowest BCUT2D eigenvalue weighted by Crippen LogP contribution is -2.05. The van der Waals surface area contributed by atoms with Gasteiger partial charge in [0.15, 0.2) is 0 Å². The highest BCUT2D eigenvalue weighted by Crippen LogP contribution is 2.29. The zero-order valence-corrected chi connectivity index (χ0v) is 13.7. The summed E-state index contributed by atoms with van der Waals surface area (Å²) in [5.74, 6) is 2.66. The van der Waals surface area contributed by atoms with E-state index < -0.39 is 0 Å². The molecule has 0 aliphatic rings. The third kappa shape index (κ3) is 4.48. The highest BCUT2D eigenvalue weighted by molar-refractivity contribution is 6.34. The van der Waals surface area contributed by atoms with Gasteiger partial charge in [0.25, 0.3) is 0 Å². The Morgan fingerprint density at radius 1 is 1.10 bits per heavy atom. The molecule has 4 nitrogen and oxygen atoms in total. The molecular formula is C15H17Cl2N3O. The number of benzene rings is 1. The Balaban J connectivity index is 2.33. The van der Waals surface area contributed by atoms with Gasteiger partial charge in [0.2, 0.25) is 5.88 Å². The molecule has 2 aromatic rings. The molecule has 1 N–H and O–H groups in total. The van der Waals surface area contributed by atoms with Crippen molar-refractivity contribution in [3.63, 3.8) is 0 Å². The fourth-order valence-corrected chi connectivity index (χ4v) is 2.24. The van der Waals surface area contributed by atoms with E-state index in [1.165, 1.54) is 0 Å². The predicted molar refractivity (Wildman–Crippen MR) is 86.8 cm³/mol. The van der Waals surface area contributed by atoms with Crippen molar-refractivity contribution in [3.05, 3.63) is 40.1 Å². The van der Waals surface area contributed by atoms with Crippen LogP contribution in [0.15, 0.2) is 24.3 Å². The first-order valence-electron chi connectivity index (χ1n) is 6.74. The second-order valence-corrected chi connectivity index (χ2v) is 5.71. The summed E-state index contributed by atoms with van der Waals surface area (Å²) in [4.78, 5) is 8.86. The molecule has 2 rings (SSSR count). The molecule has 0 spiro atoms. The number of hydrogen-bond donors (Lipinski definition) is 1. The van der Waals surface area contributed by atoms with Gasteiger partial charge in [0.05, 0.1) is 0 Å². The van der Waals surface area contributed by atoms with Crippen molar-refractivity contribution in [1.82, 2.24) is 9.97 Å².